The average Bonchev–Trinajstić information content (AvgIpc) is 3.48. The van der Waals surface area contributed by atoms with Gasteiger partial charge in [0.2, 0.25) is 15.9 Å². The number of alkyl halides is 3. The molecule has 1 atom stereocenters. The van der Waals surface area contributed by atoms with Gasteiger partial charge in [0.15, 0.2) is 0 Å². The van der Waals surface area contributed by atoms with E-state index >= 15 is 0 Å². The first-order chi connectivity index (χ1) is 15.4. The van der Waals surface area contributed by atoms with E-state index in [4.69, 9.17) is 4.74 Å². The van der Waals surface area contributed by atoms with Gasteiger partial charge in [0.05, 0.1) is 17.9 Å². The van der Waals surface area contributed by atoms with Gasteiger partial charge < -0.3 is 9.64 Å². The molecule has 0 radical (unpaired) electrons. The number of nitrogens with one attached hydrogen (secondary N) is 2. The lowest BCUT2D eigenvalue weighted by atomic mass is 10.1. The van der Waals surface area contributed by atoms with E-state index in [0.717, 1.165) is 18.9 Å². The molecule has 1 aliphatic carbocycles. The number of hydrogen-bond donors (Lipinski definition) is 2. The third kappa shape index (κ3) is 7.60. The van der Waals surface area contributed by atoms with E-state index in [-0.39, 0.29) is 36.5 Å². The summed E-state index contributed by atoms with van der Waals surface area (Å²) in [6, 6.07) is 2.24. The van der Waals surface area contributed by atoms with Crippen LogP contribution in [0.3, 0.4) is 0 Å². The highest BCUT2D eigenvalue weighted by Crippen LogP contribution is 2.39. The van der Waals surface area contributed by atoms with Gasteiger partial charge in [0.1, 0.15) is 12.3 Å². The largest absolute Gasteiger partial charge is 0.493 e. The molecule has 1 heterocycles. The van der Waals surface area contributed by atoms with Gasteiger partial charge in [0, 0.05) is 12.6 Å². The van der Waals surface area contributed by atoms with Crippen LogP contribution in [0.5, 0.6) is 5.75 Å². The number of urea groups is 1. The fourth-order valence-corrected chi connectivity index (χ4v) is 4.86. The van der Waals surface area contributed by atoms with Gasteiger partial charge in [-0.25, -0.2) is 17.9 Å². The van der Waals surface area contributed by atoms with Crippen molar-refractivity contribution >= 4 is 22.0 Å². The molecule has 0 aromatic heterocycles. The Labute approximate surface area is 190 Å². The SMILES string of the molecule is C[C@H](NS(=O)(=O)CCCCCN1CC(=O)NC1=O)c1ccc(C(F)(F)F)c(OCC2CC2)c1. The zero-order chi connectivity index (χ0) is 24.2. The van der Waals surface area contributed by atoms with Crippen LogP contribution < -0.4 is 14.8 Å². The zero-order valence-corrected chi connectivity index (χ0v) is 19.1. The smallest absolute Gasteiger partial charge is 0.419 e. The average molecular weight is 492 g/mol. The summed E-state index contributed by atoms with van der Waals surface area (Å²) in [5.41, 5.74) is -0.502. The normalized spacial score (nSPS) is 17.9. The maximum absolute atomic E-state index is 13.3. The number of hydrogen-bond acceptors (Lipinski definition) is 5. The molecule has 0 unspecified atom stereocenters. The van der Waals surface area contributed by atoms with Gasteiger partial charge in [0.25, 0.3) is 0 Å². The van der Waals surface area contributed by atoms with E-state index in [1.807, 2.05) is 0 Å². The molecular formula is C21H28F3N3O5S. The molecule has 8 nitrogen and oxygen atoms in total. The molecule has 3 rings (SSSR count). The van der Waals surface area contributed by atoms with Crippen molar-refractivity contribution in [1.29, 1.82) is 0 Å². The molecule has 0 bridgehead atoms. The molecule has 3 amide bonds. The number of imide groups is 1. The molecule has 1 saturated carbocycles. The Kier molecular flexibility index (Phi) is 7.88. The van der Waals surface area contributed by atoms with Gasteiger partial charge in [-0.1, -0.05) is 12.5 Å². The van der Waals surface area contributed by atoms with Gasteiger partial charge in [-0.2, -0.15) is 13.2 Å². The van der Waals surface area contributed by atoms with Crippen LogP contribution in [0.2, 0.25) is 0 Å². The molecule has 1 aromatic carbocycles. The molecule has 1 aromatic rings. The van der Waals surface area contributed by atoms with Crippen LogP contribution in [0.15, 0.2) is 18.2 Å². The lowest BCUT2D eigenvalue weighted by Crippen LogP contribution is -2.30. The second kappa shape index (κ2) is 10.3. The summed E-state index contributed by atoms with van der Waals surface area (Å²) in [7, 11) is -3.68. The Morgan fingerprint density at radius 1 is 1.21 bits per heavy atom. The Morgan fingerprint density at radius 3 is 2.55 bits per heavy atom. The Balaban J connectivity index is 1.51. The van der Waals surface area contributed by atoms with Crippen molar-refractivity contribution in [3.63, 3.8) is 0 Å². The number of nitrogens with zero attached hydrogens (tertiary/aromatic N) is 1. The number of ether oxygens (including phenoxy) is 1. The molecule has 2 fully saturated rings. The molecular weight excluding hydrogens is 463 g/mol. The highest BCUT2D eigenvalue weighted by Gasteiger charge is 2.35. The fourth-order valence-electron chi connectivity index (χ4n) is 3.49. The van der Waals surface area contributed by atoms with Gasteiger partial charge in [-0.05, 0) is 56.2 Å². The third-order valence-electron chi connectivity index (χ3n) is 5.55. The fraction of sp³-hybridized carbons (Fsp3) is 0.619. The minimum Gasteiger partial charge on any atom is -0.493 e. The van der Waals surface area contributed by atoms with Crippen LogP contribution in [0, 0.1) is 5.92 Å². The van der Waals surface area contributed by atoms with Crippen LogP contribution in [-0.2, 0) is 21.0 Å². The van der Waals surface area contributed by atoms with E-state index in [0.29, 0.717) is 31.4 Å². The number of halogens is 3. The number of carbonyl (C=O) groups excluding carboxylic acids is 2. The number of benzene rings is 1. The lowest BCUT2D eigenvalue weighted by Gasteiger charge is -2.19. The standard InChI is InChI=1S/C21H28F3N3O5S/c1-14(16-7-8-17(21(22,23)24)18(11-16)32-13-15-5-6-15)26-33(30,31)10-4-2-3-9-27-12-19(28)25-20(27)29/h7-8,11,14-15,26H,2-6,9-10,12-13H2,1H3,(H,25,28,29)/t14-/m0/s1. The summed E-state index contributed by atoms with van der Waals surface area (Å²) >= 11 is 0. The predicted octanol–water partition coefficient (Wildman–Crippen LogP) is 3.20. The van der Waals surface area contributed by atoms with E-state index in [1.54, 1.807) is 6.92 Å². The number of amides is 3. The van der Waals surface area contributed by atoms with Crippen molar-refractivity contribution in [2.24, 2.45) is 5.92 Å². The molecule has 2 aliphatic rings. The summed E-state index contributed by atoms with van der Waals surface area (Å²) in [6.07, 6.45) is -1.28. The first kappa shape index (κ1) is 25.3. The van der Waals surface area contributed by atoms with E-state index < -0.39 is 33.8 Å². The topological polar surface area (TPSA) is 105 Å². The highest BCUT2D eigenvalue weighted by atomic mass is 32.2. The minimum absolute atomic E-state index is 0.00961. The van der Waals surface area contributed by atoms with Crippen LogP contribution >= 0.6 is 0 Å². The maximum Gasteiger partial charge on any atom is 0.419 e. The second-order valence-corrected chi connectivity index (χ2v) is 10.4. The molecule has 0 spiro atoms. The van der Waals surface area contributed by atoms with Crippen molar-refractivity contribution in [2.75, 3.05) is 25.4 Å². The summed E-state index contributed by atoms with van der Waals surface area (Å²) in [5.74, 6) is -0.535. The Morgan fingerprint density at radius 2 is 1.94 bits per heavy atom. The van der Waals surface area contributed by atoms with Crippen molar-refractivity contribution in [1.82, 2.24) is 14.9 Å². The number of carbonyl (C=O) groups is 2. The van der Waals surface area contributed by atoms with E-state index in [9.17, 15) is 31.2 Å². The van der Waals surface area contributed by atoms with Crippen molar-refractivity contribution in [2.45, 2.75) is 51.2 Å². The molecule has 1 saturated heterocycles. The Hall–Kier alpha value is -2.34. The molecule has 1 aliphatic heterocycles. The van der Waals surface area contributed by atoms with Gasteiger partial charge >= 0.3 is 12.2 Å². The summed E-state index contributed by atoms with van der Waals surface area (Å²) < 4.78 is 72.6. The minimum atomic E-state index is -4.57. The van der Waals surface area contributed by atoms with E-state index in [1.165, 1.54) is 17.0 Å². The second-order valence-electron chi connectivity index (χ2n) is 8.50. The lowest BCUT2D eigenvalue weighted by molar-refractivity contribution is -0.139. The van der Waals surface area contributed by atoms with Gasteiger partial charge in [-0.15, -0.1) is 0 Å². The summed E-state index contributed by atoms with van der Waals surface area (Å²) in [4.78, 5) is 24.0. The first-order valence-corrected chi connectivity index (χ1v) is 12.5. The van der Waals surface area contributed by atoms with E-state index in [2.05, 4.69) is 10.0 Å². The quantitative estimate of drug-likeness (QED) is 0.345. The first-order valence-electron chi connectivity index (χ1n) is 10.9. The van der Waals surface area contributed by atoms with Gasteiger partial charge in [-0.3, -0.25) is 10.1 Å². The number of unbranched alkanes of at least 4 members (excludes halogenated alkanes) is 2. The highest BCUT2D eigenvalue weighted by molar-refractivity contribution is 7.89. The van der Waals surface area contributed by atoms with Crippen LogP contribution in [0.25, 0.3) is 0 Å². The summed E-state index contributed by atoms with van der Waals surface area (Å²) in [5, 5.41) is 2.17. The predicted molar refractivity (Wildman–Crippen MR) is 114 cm³/mol. The third-order valence-corrected chi connectivity index (χ3v) is 7.09. The van der Waals surface area contributed by atoms with Crippen LogP contribution in [0.1, 0.15) is 56.2 Å². The molecule has 12 heteroatoms. The zero-order valence-electron chi connectivity index (χ0n) is 18.3. The van der Waals surface area contributed by atoms with Crippen LogP contribution in [0.4, 0.5) is 18.0 Å². The maximum atomic E-state index is 13.3. The number of rotatable bonds is 12. The monoisotopic (exact) mass is 491 g/mol. The van der Waals surface area contributed by atoms with Crippen molar-refractivity contribution < 1.29 is 35.9 Å². The molecule has 184 valence electrons. The number of sulfonamides is 1. The molecule has 2 N–H and O–H groups in total. The Bertz CT molecular complexity index is 980. The van der Waals surface area contributed by atoms with Crippen molar-refractivity contribution in [3.8, 4) is 5.75 Å². The molecule has 33 heavy (non-hydrogen) atoms. The van der Waals surface area contributed by atoms with Crippen molar-refractivity contribution in [3.05, 3.63) is 29.3 Å². The summed E-state index contributed by atoms with van der Waals surface area (Å²) in [6.45, 7) is 2.14. The van der Waals surface area contributed by atoms with Crippen LogP contribution in [-0.4, -0.2) is 50.7 Å².